The Morgan fingerprint density at radius 1 is 1.21 bits per heavy atom. The van der Waals surface area contributed by atoms with Crippen LogP contribution >= 0.6 is 0 Å². The number of aromatic amines is 1. The maximum atomic E-state index is 12.2. The van der Waals surface area contributed by atoms with Gasteiger partial charge in [-0.2, -0.15) is 0 Å². The fourth-order valence-electron chi connectivity index (χ4n) is 2.86. The number of hydrogen-bond donors (Lipinski definition) is 2. The Hall–Kier alpha value is -2.14. The Bertz CT molecular complexity index is 778. The molecule has 5 heteroatoms. The molecule has 0 unspecified atom stereocenters. The third kappa shape index (κ3) is 4.93. The summed E-state index contributed by atoms with van der Waals surface area (Å²) in [7, 11) is 4.02. The van der Waals surface area contributed by atoms with E-state index in [9.17, 15) is 9.59 Å². The van der Waals surface area contributed by atoms with Gasteiger partial charge in [-0.1, -0.05) is 6.07 Å². The molecule has 0 aliphatic rings. The van der Waals surface area contributed by atoms with Crippen molar-refractivity contribution < 1.29 is 4.79 Å². The van der Waals surface area contributed by atoms with Crippen molar-refractivity contribution in [1.29, 1.82) is 0 Å². The van der Waals surface area contributed by atoms with E-state index >= 15 is 0 Å². The number of nitrogens with zero attached hydrogens (tertiary/aromatic N) is 1. The van der Waals surface area contributed by atoms with Gasteiger partial charge in [0.2, 0.25) is 5.91 Å². The lowest BCUT2D eigenvalue weighted by molar-refractivity contribution is -0.121. The normalized spacial score (nSPS) is 11.2. The number of hydrogen-bond acceptors (Lipinski definition) is 3. The zero-order valence-electron chi connectivity index (χ0n) is 15.0. The van der Waals surface area contributed by atoms with E-state index in [2.05, 4.69) is 21.3 Å². The largest absolute Gasteiger partial charge is 0.356 e. The number of carbonyl (C=O) groups excluding carboxylic acids is 1. The van der Waals surface area contributed by atoms with Gasteiger partial charge in [-0.3, -0.25) is 9.59 Å². The molecule has 5 nitrogen and oxygen atoms in total. The first-order chi connectivity index (χ1) is 11.4. The first kappa shape index (κ1) is 18.2. The van der Waals surface area contributed by atoms with Crippen LogP contribution in [0.3, 0.4) is 0 Å². The number of carbonyl (C=O) groups is 1. The number of aromatic nitrogens is 1. The summed E-state index contributed by atoms with van der Waals surface area (Å²) in [6.45, 7) is 5.67. The van der Waals surface area contributed by atoms with Crippen molar-refractivity contribution in [1.82, 2.24) is 15.2 Å². The summed E-state index contributed by atoms with van der Waals surface area (Å²) in [5, 5.41) is 3.95. The Morgan fingerprint density at radius 3 is 2.67 bits per heavy atom. The van der Waals surface area contributed by atoms with Crippen molar-refractivity contribution in [2.24, 2.45) is 0 Å². The van der Waals surface area contributed by atoms with Crippen molar-refractivity contribution in [2.75, 3.05) is 27.2 Å². The minimum absolute atomic E-state index is 0.00567. The fraction of sp³-hybridized carbons (Fsp3) is 0.474. The zero-order chi connectivity index (χ0) is 17.7. The summed E-state index contributed by atoms with van der Waals surface area (Å²) in [5.74, 6) is -0.00567. The van der Waals surface area contributed by atoms with Crippen LogP contribution in [0.5, 0.6) is 0 Å². The second-order valence-electron chi connectivity index (χ2n) is 6.67. The molecule has 24 heavy (non-hydrogen) atoms. The van der Waals surface area contributed by atoms with Gasteiger partial charge in [-0.15, -0.1) is 0 Å². The summed E-state index contributed by atoms with van der Waals surface area (Å²) in [6, 6.07) is 6.00. The second kappa shape index (κ2) is 8.11. The first-order valence-corrected chi connectivity index (χ1v) is 8.41. The van der Waals surface area contributed by atoms with Crippen LogP contribution in [-0.2, 0) is 11.2 Å². The van der Waals surface area contributed by atoms with Crippen molar-refractivity contribution in [3.05, 3.63) is 45.2 Å². The highest BCUT2D eigenvalue weighted by Crippen LogP contribution is 2.18. The lowest BCUT2D eigenvalue weighted by Gasteiger charge is -2.10. The quantitative estimate of drug-likeness (QED) is 0.765. The minimum atomic E-state index is -0.104. The maximum absolute atomic E-state index is 12.2. The van der Waals surface area contributed by atoms with E-state index in [1.165, 1.54) is 0 Å². The summed E-state index contributed by atoms with van der Waals surface area (Å²) < 4.78 is 0. The second-order valence-corrected chi connectivity index (χ2v) is 6.67. The lowest BCUT2D eigenvalue weighted by Crippen LogP contribution is -2.27. The molecule has 1 aromatic heterocycles. The minimum Gasteiger partial charge on any atom is -0.356 e. The number of fused-ring (bicyclic) bond motifs is 1. The maximum Gasteiger partial charge on any atom is 0.251 e. The average Bonchev–Trinajstić information content (AvgIpc) is 2.49. The van der Waals surface area contributed by atoms with Crippen LogP contribution in [0.1, 0.15) is 29.5 Å². The van der Waals surface area contributed by atoms with Crippen LogP contribution in [-0.4, -0.2) is 43.0 Å². The molecular weight excluding hydrogens is 302 g/mol. The molecule has 2 aromatic rings. The molecular formula is C19H27N3O2. The van der Waals surface area contributed by atoms with Gasteiger partial charge >= 0.3 is 0 Å². The Labute approximate surface area is 143 Å². The summed E-state index contributed by atoms with van der Waals surface area (Å²) in [5.41, 5.74) is 3.68. The monoisotopic (exact) mass is 329 g/mol. The fourth-order valence-corrected chi connectivity index (χ4v) is 2.86. The van der Waals surface area contributed by atoms with Crippen molar-refractivity contribution in [2.45, 2.75) is 33.1 Å². The highest BCUT2D eigenvalue weighted by Gasteiger charge is 2.08. The molecule has 0 bridgehead atoms. The number of H-pyrrole nitrogens is 1. The topological polar surface area (TPSA) is 65.2 Å². The van der Waals surface area contributed by atoms with Crippen LogP contribution in [0.25, 0.3) is 10.9 Å². The van der Waals surface area contributed by atoms with Crippen molar-refractivity contribution in [3.8, 4) is 0 Å². The number of amides is 1. The Balaban J connectivity index is 1.99. The Morgan fingerprint density at radius 2 is 1.96 bits per heavy atom. The van der Waals surface area contributed by atoms with Gasteiger partial charge in [0.25, 0.3) is 5.56 Å². The number of pyridine rings is 1. The van der Waals surface area contributed by atoms with Crippen LogP contribution in [0.15, 0.2) is 23.0 Å². The summed E-state index contributed by atoms with van der Waals surface area (Å²) >= 11 is 0. The molecule has 1 heterocycles. The predicted molar refractivity (Wildman–Crippen MR) is 98.5 cm³/mol. The van der Waals surface area contributed by atoms with Gasteiger partial charge in [0.1, 0.15) is 0 Å². The highest BCUT2D eigenvalue weighted by atomic mass is 16.1. The molecule has 1 amide bonds. The molecule has 0 saturated heterocycles. The summed E-state index contributed by atoms with van der Waals surface area (Å²) in [4.78, 5) is 29.1. The Kier molecular flexibility index (Phi) is 6.15. The number of benzene rings is 1. The number of nitrogens with one attached hydrogen (secondary N) is 2. The smallest absolute Gasteiger partial charge is 0.251 e. The first-order valence-electron chi connectivity index (χ1n) is 8.41. The van der Waals surface area contributed by atoms with E-state index < -0.39 is 0 Å². The SMILES string of the molecule is Cc1cc(C)c2cc(CCC(=O)NCCCN(C)C)c(=O)[nH]c2c1. The standard InChI is InChI=1S/C19H27N3O2/c1-13-10-14(2)16-12-15(19(24)21-17(16)11-13)6-7-18(23)20-8-5-9-22(3)4/h10-12H,5-9H2,1-4H3,(H,20,23)(H,21,24). The van der Waals surface area contributed by atoms with E-state index in [0.717, 1.165) is 35.0 Å². The van der Waals surface area contributed by atoms with Gasteiger partial charge in [-0.05, 0) is 70.6 Å². The van der Waals surface area contributed by atoms with Crippen LogP contribution in [0, 0.1) is 13.8 Å². The van der Waals surface area contributed by atoms with Gasteiger partial charge < -0.3 is 15.2 Å². The van der Waals surface area contributed by atoms with Crippen LogP contribution < -0.4 is 10.9 Å². The molecule has 2 rings (SSSR count). The predicted octanol–water partition coefficient (Wildman–Crippen LogP) is 2.15. The van der Waals surface area contributed by atoms with Crippen LogP contribution in [0.2, 0.25) is 0 Å². The highest BCUT2D eigenvalue weighted by molar-refractivity contribution is 5.83. The van der Waals surface area contributed by atoms with Gasteiger partial charge in [0.15, 0.2) is 0 Å². The molecule has 2 N–H and O–H groups in total. The molecule has 0 radical (unpaired) electrons. The van der Waals surface area contributed by atoms with E-state index in [-0.39, 0.29) is 11.5 Å². The molecule has 0 atom stereocenters. The molecule has 0 aliphatic heterocycles. The molecule has 130 valence electrons. The van der Waals surface area contributed by atoms with Gasteiger partial charge in [0, 0.05) is 29.4 Å². The van der Waals surface area contributed by atoms with Gasteiger partial charge in [0.05, 0.1) is 0 Å². The van der Waals surface area contributed by atoms with Gasteiger partial charge in [-0.25, -0.2) is 0 Å². The summed E-state index contributed by atoms with van der Waals surface area (Å²) in [6.07, 6.45) is 1.72. The number of rotatable bonds is 7. The van der Waals surface area contributed by atoms with E-state index in [4.69, 9.17) is 0 Å². The molecule has 0 aliphatic carbocycles. The third-order valence-corrected chi connectivity index (χ3v) is 4.12. The average molecular weight is 329 g/mol. The third-order valence-electron chi connectivity index (χ3n) is 4.12. The molecule has 0 saturated carbocycles. The zero-order valence-corrected chi connectivity index (χ0v) is 15.0. The van der Waals surface area contributed by atoms with Crippen LogP contribution in [0.4, 0.5) is 0 Å². The molecule has 0 fully saturated rings. The van der Waals surface area contributed by atoms with E-state index in [1.54, 1.807) is 0 Å². The van der Waals surface area contributed by atoms with Crippen molar-refractivity contribution >= 4 is 16.8 Å². The molecule has 0 spiro atoms. The lowest BCUT2D eigenvalue weighted by atomic mass is 10.0. The van der Waals surface area contributed by atoms with E-state index in [0.29, 0.717) is 24.9 Å². The molecule has 1 aromatic carbocycles. The van der Waals surface area contributed by atoms with E-state index in [1.807, 2.05) is 40.1 Å². The van der Waals surface area contributed by atoms with Crippen molar-refractivity contribution in [3.63, 3.8) is 0 Å². The number of aryl methyl sites for hydroxylation is 3.